The van der Waals surface area contributed by atoms with Crippen LogP contribution in [-0.4, -0.2) is 14.9 Å². The molecule has 2 rings (SSSR count). The van der Waals surface area contributed by atoms with Gasteiger partial charge < -0.3 is 5.11 Å². The Kier molecular flexibility index (Phi) is 3.57. The summed E-state index contributed by atoms with van der Waals surface area (Å²) in [6.07, 6.45) is 6.06. The number of hydrogen-bond donors (Lipinski definition) is 1. The molecule has 96 valence electrons. The summed E-state index contributed by atoms with van der Waals surface area (Å²) >= 11 is 0. The maximum atomic E-state index is 11.0. The quantitative estimate of drug-likeness (QED) is 0.876. The van der Waals surface area contributed by atoms with Crippen LogP contribution in [0.25, 0.3) is 0 Å². The molecule has 1 aromatic heterocycles. The molecule has 0 aromatic carbocycles. The second kappa shape index (κ2) is 4.81. The van der Waals surface area contributed by atoms with E-state index in [1.54, 1.807) is 0 Å². The van der Waals surface area contributed by atoms with Crippen LogP contribution in [0.1, 0.15) is 52.1 Å². The monoisotopic (exact) mass is 236 g/mol. The molecule has 0 aliphatic heterocycles. The highest BCUT2D eigenvalue weighted by molar-refractivity contribution is 5.15. The van der Waals surface area contributed by atoms with Gasteiger partial charge in [-0.15, -0.1) is 0 Å². The van der Waals surface area contributed by atoms with Gasteiger partial charge in [0.15, 0.2) is 0 Å². The van der Waals surface area contributed by atoms with Crippen molar-refractivity contribution in [2.24, 2.45) is 11.8 Å². The molecule has 1 heterocycles. The standard InChI is InChI=1S/C14H24N2O/c1-4-9-16-13(7-8-15-16)14(17)10-11(2)5-6-12(14)3/h7-8,11-12,17H,4-6,9-10H2,1-3H3. The molecule has 0 spiro atoms. The van der Waals surface area contributed by atoms with Crippen LogP contribution >= 0.6 is 0 Å². The zero-order valence-electron chi connectivity index (χ0n) is 11.2. The van der Waals surface area contributed by atoms with Crippen molar-refractivity contribution >= 4 is 0 Å². The Labute approximate surface area is 104 Å². The van der Waals surface area contributed by atoms with Gasteiger partial charge in [-0.2, -0.15) is 5.10 Å². The topological polar surface area (TPSA) is 38.0 Å². The molecule has 3 nitrogen and oxygen atoms in total. The summed E-state index contributed by atoms with van der Waals surface area (Å²) in [4.78, 5) is 0. The molecule has 1 fully saturated rings. The summed E-state index contributed by atoms with van der Waals surface area (Å²) in [6.45, 7) is 7.43. The molecule has 17 heavy (non-hydrogen) atoms. The fraction of sp³-hybridized carbons (Fsp3) is 0.786. The van der Waals surface area contributed by atoms with E-state index in [-0.39, 0.29) is 0 Å². The van der Waals surface area contributed by atoms with Gasteiger partial charge in [0, 0.05) is 12.7 Å². The Balaban J connectivity index is 2.31. The molecular formula is C14H24N2O. The molecule has 0 bridgehead atoms. The maximum absolute atomic E-state index is 11.0. The summed E-state index contributed by atoms with van der Waals surface area (Å²) < 4.78 is 1.98. The minimum absolute atomic E-state index is 0.325. The van der Waals surface area contributed by atoms with Crippen LogP contribution in [0.3, 0.4) is 0 Å². The van der Waals surface area contributed by atoms with Crippen LogP contribution in [-0.2, 0) is 12.1 Å². The van der Waals surface area contributed by atoms with Gasteiger partial charge in [-0.05, 0) is 37.2 Å². The van der Waals surface area contributed by atoms with Crippen LogP contribution < -0.4 is 0 Å². The SMILES string of the molecule is CCCn1nccc1C1(O)CC(C)CCC1C. The summed E-state index contributed by atoms with van der Waals surface area (Å²) in [7, 11) is 0. The van der Waals surface area contributed by atoms with Gasteiger partial charge in [0.2, 0.25) is 0 Å². The van der Waals surface area contributed by atoms with Crippen LogP contribution in [0.4, 0.5) is 0 Å². The molecule has 0 saturated heterocycles. The lowest BCUT2D eigenvalue weighted by Gasteiger charge is -2.41. The van der Waals surface area contributed by atoms with Crippen molar-refractivity contribution in [3.8, 4) is 0 Å². The van der Waals surface area contributed by atoms with Crippen molar-refractivity contribution in [1.29, 1.82) is 0 Å². The lowest BCUT2D eigenvalue weighted by Crippen LogP contribution is -2.41. The van der Waals surface area contributed by atoms with Crippen molar-refractivity contribution in [1.82, 2.24) is 9.78 Å². The summed E-state index contributed by atoms with van der Waals surface area (Å²) in [5, 5.41) is 15.4. The lowest BCUT2D eigenvalue weighted by atomic mass is 9.70. The van der Waals surface area contributed by atoms with E-state index in [1.165, 1.54) is 6.42 Å². The van der Waals surface area contributed by atoms with Crippen LogP contribution in [0, 0.1) is 11.8 Å². The molecule has 3 unspecified atom stereocenters. The van der Waals surface area contributed by atoms with E-state index < -0.39 is 5.60 Å². The van der Waals surface area contributed by atoms with E-state index in [1.807, 2.05) is 16.9 Å². The minimum atomic E-state index is -0.677. The number of aryl methyl sites for hydroxylation is 1. The second-order valence-electron chi connectivity index (χ2n) is 5.65. The minimum Gasteiger partial charge on any atom is -0.383 e. The Morgan fingerprint density at radius 3 is 2.94 bits per heavy atom. The molecule has 1 N–H and O–H groups in total. The highest BCUT2D eigenvalue weighted by Gasteiger charge is 2.42. The first-order chi connectivity index (χ1) is 8.08. The third-order valence-corrected chi connectivity index (χ3v) is 4.16. The van der Waals surface area contributed by atoms with Crippen molar-refractivity contribution in [2.45, 2.75) is 58.6 Å². The number of nitrogens with zero attached hydrogens (tertiary/aromatic N) is 2. The number of aromatic nitrogens is 2. The Morgan fingerprint density at radius 2 is 2.24 bits per heavy atom. The fourth-order valence-corrected chi connectivity index (χ4v) is 3.06. The first-order valence-electron chi connectivity index (χ1n) is 6.82. The van der Waals surface area contributed by atoms with E-state index in [4.69, 9.17) is 0 Å². The van der Waals surface area contributed by atoms with E-state index in [0.717, 1.165) is 31.5 Å². The van der Waals surface area contributed by atoms with Crippen LogP contribution in [0.2, 0.25) is 0 Å². The molecule has 0 amide bonds. The van der Waals surface area contributed by atoms with Crippen LogP contribution in [0.5, 0.6) is 0 Å². The van der Waals surface area contributed by atoms with Crippen molar-refractivity contribution in [3.63, 3.8) is 0 Å². The van der Waals surface area contributed by atoms with Gasteiger partial charge in [-0.1, -0.05) is 27.2 Å². The van der Waals surface area contributed by atoms with Crippen molar-refractivity contribution in [2.75, 3.05) is 0 Å². The number of rotatable bonds is 3. The zero-order valence-corrected chi connectivity index (χ0v) is 11.2. The molecule has 1 saturated carbocycles. The molecular weight excluding hydrogens is 212 g/mol. The van der Waals surface area contributed by atoms with Crippen molar-refractivity contribution < 1.29 is 5.11 Å². The molecule has 1 aromatic rings. The van der Waals surface area contributed by atoms with Crippen LogP contribution in [0.15, 0.2) is 12.3 Å². The van der Waals surface area contributed by atoms with Gasteiger partial charge in [0.25, 0.3) is 0 Å². The highest BCUT2D eigenvalue weighted by atomic mass is 16.3. The van der Waals surface area contributed by atoms with Crippen molar-refractivity contribution in [3.05, 3.63) is 18.0 Å². The Hall–Kier alpha value is -0.830. The first-order valence-corrected chi connectivity index (χ1v) is 6.82. The van der Waals surface area contributed by atoms with Gasteiger partial charge in [-0.25, -0.2) is 0 Å². The maximum Gasteiger partial charge on any atom is 0.109 e. The second-order valence-corrected chi connectivity index (χ2v) is 5.65. The average Bonchev–Trinajstić information content (AvgIpc) is 2.73. The Bertz CT molecular complexity index is 374. The average molecular weight is 236 g/mol. The summed E-state index contributed by atoms with van der Waals surface area (Å²) in [5.74, 6) is 0.923. The number of aliphatic hydroxyl groups is 1. The van der Waals surface area contributed by atoms with E-state index >= 15 is 0 Å². The molecule has 3 heteroatoms. The zero-order chi connectivity index (χ0) is 12.5. The molecule has 0 radical (unpaired) electrons. The normalized spacial score (nSPS) is 33.9. The first kappa shape index (κ1) is 12.6. The lowest BCUT2D eigenvalue weighted by molar-refractivity contribution is -0.0694. The van der Waals surface area contributed by atoms with Gasteiger partial charge in [0.1, 0.15) is 5.60 Å². The Morgan fingerprint density at radius 1 is 1.47 bits per heavy atom. The third kappa shape index (κ3) is 2.25. The molecule has 1 aliphatic rings. The highest BCUT2D eigenvalue weighted by Crippen LogP contribution is 2.43. The van der Waals surface area contributed by atoms with E-state index in [0.29, 0.717) is 11.8 Å². The summed E-state index contributed by atoms with van der Waals surface area (Å²) in [6, 6.07) is 1.99. The number of hydrogen-bond acceptors (Lipinski definition) is 2. The van der Waals surface area contributed by atoms with E-state index in [2.05, 4.69) is 25.9 Å². The van der Waals surface area contributed by atoms with Gasteiger partial charge in [0.05, 0.1) is 5.69 Å². The largest absolute Gasteiger partial charge is 0.383 e. The fourth-order valence-electron chi connectivity index (χ4n) is 3.06. The smallest absolute Gasteiger partial charge is 0.109 e. The van der Waals surface area contributed by atoms with Gasteiger partial charge in [-0.3, -0.25) is 4.68 Å². The van der Waals surface area contributed by atoms with E-state index in [9.17, 15) is 5.11 Å². The molecule has 1 aliphatic carbocycles. The third-order valence-electron chi connectivity index (χ3n) is 4.16. The van der Waals surface area contributed by atoms with Gasteiger partial charge >= 0.3 is 0 Å². The summed E-state index contributed by atoms with van der Waals surface area (Å²) in [5.41, 5.74) is 0.335. The molecule has 3 atom stereocenters. The predicted octanol–water partition coefficient (Wildman–Crippen LogP) is 2.94. The predicted molar refractivity (Wildman–Crippen MR) is 68.6 cm³/mol.